The maximum Gasteiger partial charge on any atom is 0.307 e. The molecule has 112 valence electrons. The SMILES string of the molecule is CCOC(=O)CCN1CCc2ccc([N+](=O)[O-])cc2C1=O. The summed E-state index contributed by atoms with van der Waals surface area (Å²) in [6.07, 6.45) is 0.756. The average molecular weight is 292 g/mol. The maximum absolute atomic E-state index is 12.3. The van der Waals surface area contributed by atoms with E-state index in [9.17, 15) is 19.7 Å². The number of nitrogens with zero attached hydrogens (tertiary/aromatic N) is 2. The molecule has 0 radical (unpaired) electrons. The fraction of sp³-hybridized carbons (Fsp3) is 0.429. The van der Waals surface area contributed by atoms with Crippen molar-refractivity contribution >= 4 is 17.6 Å². The van der Waals surface area contributed by atoms with E-state index in [0.29, 0.717) is 25.1 Å². The number of amides is 1. The van der Waals surface area contributed by atoms with Crippen molar-refractivity contribution in [1.29, 1.82) is 0 Å². The number of hydrogen-bond donors (Lipinski definition) is 0. The van der Waals surface area contributed by atoms with Crippen LogP contribution in [0.1, 0.15) is 29.3 Å². The molecular weight excluding hydrogens is 276 g/mol. The van der Waals surface area contributed by atoms with Gasteiger partial charge in [0, 0.05) is 30.8 Å². The molecule has 1 aromatic carbocycles. The molecule has 0 saturated carbocycles. The highest BCUT2D eigenvalue weighted by Gasteiger charge is 2.26. The number of rotatable bonds is 5. The van der Waals surface area contributed by atoms with Gasteiger partial charge in [0.15, 0.2) is 0 Å². The van der Waals surface area contributed by atoms with Crippen molar-refractivity contribution in [1.82, 2.24) is 4.90 Å². The van der Waals surface area contributed by atoms with Crippen LogP contribution in [0.4, 0.5) is 5.69 Å². The normalized spacial score (nSPS) is 13.8. The van der Waals surface area contributed by atoms with Gasteiger partial charge >= 0.3 is 5.97 Å². The van der Waals surface area contributed by atoms with Crippen LogP contribution in [0.3, 0.4) is 0 Å². The van der Waals surface area contributed by atoms with Gasteiger partial charge in [0.05, 0.1) is 18.0 Å². The second kappa shape index (κ2) is 6.34. The molecule has 0 fully saturated rings. The molecule has 0 bridgehead atoms. The number of nitro benzene ring substituents is 1. The number of benzene rings is 1. The third-order valence-corrected chi connectivity index (χ3v) is 3.36. The fourth-order valence-corrected chi connectivity index (χ4v) is 2.30. The van der Waals surface area contributed by atoms with Gasteiger partial charge in [-0.1, -0.05) is 6.07 Å². The monoisotopic (exact) mass is 292 g/mol. The van der Waals surface area contributed by atoms with Crippen LogP contribution in [-0.2, 0) is 16.0 Å². The van der Waals surface area contributed by atoms with E-state index in [0.717, 1.165) is 5.56 Å². The Morgan fingerprint density at radius 3 is 2.90 bits per heavy atom. The number of carbonyl (C=O) groups excluding carboxylic acids is 2. The highest BCUT2D eigenvalue weighted by atomic mass is 16.6. The lowest BCUT2D eigenvalue weighted by Crippen LogP contribution is -2.39. The van der Waals surface area contributed by atoms with Crippen LogP contribution in [0.25, 0.3) is 0 Å². The van der Waals surface area contributed by atoms with Gasteiger partial charge in [0.25, 0.3) is 11.6 Å². The average Bonchev–Trinajstić information content (AvgIpc) is 2.46. The van der Waals surface area contributed by atoms with E-state index in [4.69, 9.17) is 4.74 Å². The maximum atomic E-state index is 12.3. The topological polar surface area (TPSA) is 89.8 Å². The Morgan fingerprint density at radius 1 is 1.48 bits per heavy atom. The molecule has 7 heteroatoms. The Hall–Kier alpha value is -2.44. The predicted molar refractivity (Wildman–Crippen MR) is 74.0 cm³/mol. The minimum atomic E-state index is -0.523. The Labute approximate surface area is 121 Å². The molecule has 1 amide bonds. The number of hydrogen-bond acceptors (Lipinski definition) is 5. The molecule has 0 aromatic heterocycles. The minimum absolute atomic E-state index is 0.102. The molecule has 1 aromatic rings. The lowest BCUT2D eigenvalue weighted by atomic mass is 9.98. The molecule has 1 aliphatic heterocycles. The Balaban J connectivity index is 2.10. The van der Waals surface area contributed by atoms with Gasteiger partial charge in [0.1, 0.15) is 0 Å². The van der Waals surface area contributed by atoms with Crippen molar-refractivity contribution in [3.05, 3.63) is 39.4 Å². The Morgan fingerprint density at radius 2 is 2.24 bits per heavy atom. The summed E-state index contributed by atoms with van der Waals surface area (Å²) in [6.45, 7) is 2.80. The summed E-state index contributed by atoms with van der Waals surface area (Å²) in [4.78, 5) is 35.4. The van der Waals surface area contributed by atoms with Crippen LogP contribution in [0.2, 0.25) is 0 Å². The highest BCUT2D eigenvalue weighted by molar-refractivity contribution is 5.97. The molecule has 0 unspecified atom stereocenters. The third-order valence-electron chi connectivity index (χ3n) is 3.36. The first-order valence-corrected chi connectivity index (χ1v) is 6.75. The van der Waals surface area contributed by atoms with E-state index in [2.05, 4.69) is 0 Å². The summed E-state index contributed by atoms with van der Waals surface area (Å²) >= 11 is 0. The summed E-state index contributed by atoms with van der Waals surface area (Å²) in [6, 6.07) is 4.32. The van der Waals surface area contributed by atoms with Crippen molar-refractivity contribution in [3.63, 3.8) is 0 Å². The number of non-ortho nitro benzene ring substituents is 1. The molecule has 7 nitrogen and oxygen atoms in total. The van der Waals surface area contributed by atoms with Gasteiger partial charge in [0.2, 0.25) is 0 Å². The van der Waals surface area contributed by atoms with Crippen LogP contribution < -0.4 is 0 Å². The zero-order chi connectivity index (χ0) is 15.4. The molecule has 0 N–H and O–H groups in total. The fourth-order valence-electron chi connectivity index (χ4n) is 2.30. The zero-order valence-electron chi connectivity index (χ0n) is 11.7. The first kappa shape index (κ1) is 15.0. The second-order valence-corrected chi connectivity index (χ2v) is 4.70. The molecule has 2 rings (SSSR count). The van der Waals surface area contributed by atoms with Gasteiger partial charge in [-0.2, -0.15) is 0 Å². The van der Waals surface area contributed by atoms with Crippen LogP contribution >= 0.6 is 0 Å². The van der Waals surface area contributed by atoms with E-state index >= 15 is 0 Å². The summed E-state index contributed by atoms with van der Waals surface area (Å²) in [5.41, 5.74) is 1.05. The first-order valence-electron chi connectivity index (χ1n) is 6.75. The lowest BCUT2D eigenvalue weighted by Gasteiger charge is -2.28. The summed E-state index contributed by atoms with van der Waals surface area (Å²) in [5.74, 6) is -0.626. The summed E-state index contributed by atoms with van der Waals surface area (Å²) < 4.78 is 4.82. The van der Waals surface area contributed by atoms with Crippen LogP contribution in [0.5, 0.6) is 0 Å². The third kappa shape index (κ3) is 3.36. The minimum Gasteiger partial charge on any atom is -0.466 e. The number of ether oxygens (including phenoxy) is 1. The van der Waals surface area contributed by atoms with Crippen LogP contribution in [0.15, 0.2) is 18.2 Å². The van der Waals surface area contributed by atoms with Crippen molar-refractivity contribution in [3.8, 4) is 0 Å². The molecule has 1 aliphatic rings. The molecule has 0 spiro atoms. The number of fused-ring (bicyclic) bond motifs is 1. The molecule has 0 atom stereocenters. The largest absolute Gasteiger partial charge is 0.466 e. The van der Waals surface area contributed by atoms with Crippen molar-refractivity contribution in [2.45, 2.75) is 19.8 Å². The Kier molecular flexibility index (Phi) is 4.52. The van der Waals surface area contributed by atoms with Crippen molar-refractivity contribution in [2.75, 3.05) is 19.7 Å². The molecule has 21 heavy (non-hydrogen) atoms. The molecule has 0 aliphatic carbocycles. The van der Waals surface area contributed by atoms with Gasteiger partial charge in [-0.25, -0.2) is 0 Å². The number of esters is 1. The van der Waals surface area contributed by atoms with E-state index < -0.39 is 4.92 Å². The second-order valence-electron chi connectivity index (χ2n) is 4.70. The van der Waals surface area contributed by atoms with Gasteiger partial charge in [-0.3, -0.25) is 19.7 Å². The smallest absolute Gasteiger partial charge is 0.307 e. The zero-order valence-corrected chi connectivity index (χ0v) is 11.7. The lowest BCUT2D eigenvalue weighted by molar-refractivity contribution is -0.384. The van der Waals surface area contributed by atoms with Crippen molar-refractivity contribution < 1.29 is 19.2 Å². The van der Waals surface area contributed by atoms with Gasteiger partial charge in [-0.05, 0) is 18.9 Å². The van der Waals surface area contributed by atoms with E-state index in [1.165, 1.54) is 17.0 Å². The van der Waals surface area contributed by atoms with Crippen LogP contribution in [-0.4, -0.2) is 41.4 Å². The molecule has 0 saturated heterocycles. The quantitative estimate of drug-likeness (QED) is 0.466. The van der Waals surface area contributed by atoms with E-state index in [-0.39, 0.29) is 30.5 Å². The van der Waals surface area contributed by atoms with Crippen LogP contribution in [0, 0.1) is 10.1 Å². The summed E-state index contributed by atoms with van der Waals surface area (Å²) in [7, 11) is 0. The predicted octanol–water partition coefficient (Wildman–Crippen LogP) is 1.55. The van der Waals surface area contributed by atoms with Gasteiger partial charge < -0.3 is 9.64 Å². The highest BCUT2D eigenvalue weighted by Crippen LogP contribution is 2.23. The molecular formula is C14H16N2O5. The van der Waals surface area contributed by atoms with Crippen molar-refractivity contribution in [2.24, 2.45) is 0 Å². The number of nitro groups is 1. The standard InChI is InChI=1S/C14H16N2O5/c1-2-21-13(17)6-8-15-7-5-10-3-4-11(16(19)20)9-12(10)14(15)18/h3-4,9H,2,5-8H2,1H3. The molecule has 1 heterocycles. The van der Waals surface area contributed by atoms with E-state index in [1.54, 1.807) is 13.0 Å². The first-order chi connectivity index (χ1) is 10.0. The van der Waals surface area contributed by atoms with E-state index in [1.807, 2.05) is 0 Å². The number of carbonyl (C=O) groups is 2. The van der Waals surface area contributed by atoms with Gasteiger partial charge in [-0.15, -0.1) is 0 Å². The summed E-state index contributed by atoms with van der Waals surface area (Å²) in [5, 5.41) is 10.8. The Bertz CT molecular complexity index is 585.